The van der Waals surface area contributed by atoms with Gasteiger partial charge in [0.05, 0.1) is 4.90 Å². The van der Waals surface area contributed by atoms with E-state index in [2.05, 4.69) is 4.72 Å². The van der Waals surface area contributed by atoms with E-state index >= 15 is 0 Å². The Hall–Kier alpha value is -1.44. The Labute approximate surface area is 149 Å². The fourth-order valence-corrected chi connectivity index (χ4v) is 4.38. The molecule has 1 aromatic carbocycles. The normalized spacial score (nSPS) is 17.4. The van der Waals surface area contributed by atoms with Crippen molar-refractivity contribution in [1.82, 2.24) is 4.72 Å². The van der Waals surface area contributed by atoms with Crippen LogP contribution >= 0.6 is 0 Å². The largest absolute Gasteiger partial charge is 0.382 e. The van der Waals surface area contributed by atoms with Crippen LogP contribution in [0.1, 0.15) is 38.2 Å². The van der Waals surface area contributed by atoms with E-state index in [4.69, 9.17) is 4.74 Å². The molecule has 0 spiro atoms. The van der Waals surface area contributed by atoms with Crippen molar-refractivity contribution in [2.75, 3.05) is 31.2 Å². The number of amides is 1. The summed E-state index contributed by atoms with van der Waals surface area (Å²) in [6, 6.07) is 5.07. The molecule has 0 unspecified atom stereocenters. The highest BCUT2D eigenvalue weighted by atomic mass is 32.2. The molecule has 1 amide bonds. The van der Waals surface area contributed by atoms with Crippen molar-refractivity contribution in [1.29, 1.82) is 0 Å². The van der Waals surface area contributed by atoms with Crippen LogP contribution in [0.15, 0.2) is 23.1 Å². The summed E-state index contributed by atoms with van der Waals surface area (Å²) in [4.78, 5) is 14.6. The average molecular weight is 366 g/mol. The molecule has 0 radical (unpaired) electrons. The molecule has 1 fully saturated rings. The van der Waals surface area contributed by atoms with Gasteiger partial charge in [0.15, 0.2) is 0 Å². The first-order valence-corrected chi connectivity index (χ1v) is 10.5. The highest BCUT2D eigenvalue weighted by Crippen LogP contribution is 2.35. The van der Waals surface area contributed by atoms with Crippen LogP contribution in [0.2, 0.25) is 0 Å². The van der Waals surface area contributed by atoms with E-state index in [1.165, 1.54) is 0 Å². The average Bonchev–Trinajstić information content (AvgIpc) is 2.96. The predicted octanol–water partition coefficient (Wildman–Crippen LogP) is 2.08. The molecular formula is C18H26N2O4S. The van der Waals surface area contributed by atoms with E-state index in [0.717, 1.165) is 30.5 Å². The minimum atomic E-state index is -3.53. The Bertz CT molecular complexity index is 729. The van der Waals surface area contributed by atoms with Crippen LogP contribution in [-0.2, 0) is 26.0 Å². The Morgan fingerprint density at radius 3 is 2.84 bits per heavy atom. The van der Waals surface area contributed by atoms with Crippen molar-refractivity contribution in [2.24, 2.45) is 5.92 Å². The smallest absolute Gasteiger partial charge is 0.240 e. The van der Waals surface area contributed by atoms with Crippen LogP contribution in [0.25, 0.3) is 0 Å². The molecule has 7 heteroatoms. The zero-order valence-electron chi connectivity index (χ0n) is 14.7. The number of nitrogens with one attached hydrogen (secondary N) is 1. The van der Waals surface area contributed by atoms with Gasteiger partial charge in [0.25, 0.3) is 0 Å². The van der Waals surface area contributed by atoms with Gasteiger partial charge in [-0.05, 0) is 56.4 Å². The number of hydrogen-bond acceptors (Lipinski definition) is 4. The molecule has 138 valence electrons. The quantitative estimate of drug-likeness (QED) is 0.715. The van der Waals surface area contributed by atoms with Gasteiger partial charge in [-0.25, -0.2) is 13.1 Å². The molecule has 1 N–H and O–H groups in total. The van der Waals surface area contributed by atoms with Crippen molar-refractivity contribution < 1.29 is 17.9 Å². The number of ether oxygens (including phenoxy) is 1. The molecule has 1 aliphatic heterocycles. The van der Waals surface area contributed by atoms with Crippen molar-refractivity contribution in [3.8, 4) is 0 Å². The van der Waals surface area contributed by atoms with E-state index in [1.54, 1.807) is 18.2 Å². The zero-order chi connectivity index (χ0) is 17.9. The van der Waals surface area contributed by atoms with E-state index < -0.39 is 10.0 Å². The second-order valence-corrected chi connectivity index (χ2v) is 8.37. The lowest BCUT2D eigenvalue weighted by molar-refractivity contribution is -0.124. The monoisotopic (exact) mass is 366 g/mol. The number of nitrogens with zero attached hydrogens (tertiary/aromatic N) is 1. The molecule has 1 aromatic rings. The lowest BCUT2D eigenvalue weighted by Crippen LogP contribution is -2.37. The number of carbonyl (C=O) groups is 1. The number of rotatable bonds is 8. The standard InChI is InChI=1S/C18H26N2O4S/c1-2-24-12-4-10-19-25(22,23)16-7-8-17-15(13-16)9-11-20(17)18(21)14-5-3-6-14/h7-8,13-14,19H,2-6,9-12H2,1H3. The molecule has 25 heavy (non-hydrogen) atoms. The van der Waals surface area contributed by atoms with Crippen molar-refractivity contribution in [3.63, 3.8) is 0 Å². The van der Waals surface area contributed by atoms with Crippen molar-refractivity contribution >= 4 is 21.6 Å². The highest BCUT2D eigenvalue weighted by Gasteiger charge is 2.33. The first kappa shape index (κ1) is 18.4. The number of anilines is 1. The number of carbonyl (C=O) groups excluding carboxylic acids is 1. The van der Waals surface area contributed by atoms with Crippen LogP contribution in [0.5, 0.6) is 0 Å². The molecule has 0 saturated heterocycles. The molecule has 2 aliphatic rings. The van der Waals surface area contributed by atoms with Gasteiger partial charge in [0, 0.05) is 37.9 Å². The van der Waals surface area contributed by atoms with E-state index in [-0.39, 0.29) is 16.7 Å². The SMILES string of the molecule is CCOCCCNS(=O)(=O)c1ccc2c(c1)CCN2C(=O)C1CCC1. The molecule has 3 rings (SSSR count). The lowest BCUT2D eigenvalue weighted by Gasteiger charge is -2.29. The molecule has 1 heterocycles. The summed E-state index contributed by atoms with van der Waals surface area (Å²) >= 11 is 0. The highest BCUT2D eigenvalue weighted by molar-refractivity contribution is 7.89. The van der Waals surface area contributed by atoms with Gasteiger partial charge in [-0.1, -0.05) is 6.42 Å². The van der Waals surface area contributed by atoms with Gasteiger partial charge in [-0.3, -0.25) is 4.79 Å². The minimum Gasteiger partial charge on any atom is -0.382 e. The summed E-state index contributed by atoms with van der Waals surface area (Å²) < 4.78 is 32.6. The van der Waals surface area contributed by atoms with E-state index in [0.29, 0.717) is 39.1 Å². The maximum absolute atomic E-state index is 12.5. The Morgan fingerprint density at radius 1 is 1.36 bits per heavy atom. The van der Waals surface area contributed by atoms with E-state index in [1.807, 2.05) is 11.8 Å². The van der Waals surface area contributed by atoms with Gasteiger partial charge in [-0.2, -0.15) is 0 Å². The molecular weight excluding hydrogens is 340 g/mol. The van der Waals surface area contributed by atoms with Crippen molar-refractivity contribution in [2.45, 2.75) is 43.9 Å². The van der Waals surface area contributed by atoms with Gasteiger partial charge in [0.1, 0.15) is 0 Å². The molecule has 1 saturated carbocycles. The molecule has 1 aliphatic carbocycles. The zero-order valence-corrected chi connectivity index (χ0v) is 15.5. The predicted molar refractivity (Wildman–Crippen MR) is 96.1 cm³/mol. The van der Waals surface area contributed by atoms with Crippen LogP contribution < -0.4 is 9.62 Å². The minimum absolute atomic E-state index is 0.154. The van der Waals surface area contributed by atoms with Crippen LogP contribution in [0.3, 0.4) is 0 Å². The molecule has 0 bridgehead atoms. The number of hydrogen-bond donors (Lipinski definition) is 1. The van der Waals surface area contributed by atoms with Gasteiger partial charge in [0.2, 0.25) is 15.9 Å². The van der Waals surface area contributed by atoms with Crippen LogP contribution in [0, 0.1) is 5.92 Å². The first-order valence-electron chi connectivity index (χ1n) is 9.04. The van der Waals surface area contributed by atoms with Gasteiger partial charge >= 0.3 is 0 Å². The Morgan fingerprint density at radius 2 is 2.16 bits per heavy atom. The third-order valence-electron chi connectivity index (χ3n) is 4.94. The maximum atomic E-state index is 12.5. The number of benzene rings is 1. The topological polar surface area (TPSA) is 75.7 Å². The summed E-state index contributed by atoms with van der Waals surface area (Å²) in [7, 11) is -3.53. The third-order valence-corrected chi connectivity index (χ3v) is 6.40. The first-order chi connectivity index (χ1) is 12.0. The van der Waals surface area contributed by atoms with Gasteiger partial charge in [-0.15, -0.1) is 0 Å². The second-order valence-electron chi connectivity index (χ2n) is 6.61. The summed E-state index contributed by atoms with van der Waals surface area (Å²) in [6.45, 7) is 4.09. The fraction of sp³-hybridized carbons (Fsp3) is 0.611. The van der Waals surface area contributed by atoms with Crippen molar-refractivity contribution in [3.05, 3.63) is 23.8 Å². The third kappa shape index (κ3) is 4.04. The number of fused-ring (bicyclic) bond motifs is 1. The summed E-state index contributed by atoms with van der Waals surface area (Å²) in [5, 5.41) is 0. The van der Waals surface area contributed by atoms with Gasteiger partial charge < -0.3 is 9.64 Å². The second kappa shape index (κ2) is 7.85. The Kier molecular flexibility index (Phi) is 5.76. The fourth-order valence-electron chi connectivity index (χ4n) is 3.26. The molecule has 0 aromatic heterocycles. The summed E-state index contributed by atoms with van der Waals surface area (Å²) in [6.07, 6.45) is 4.43. The van der Waals surface area contributed by atoms with Crippen LogP contribution in [0.4, 0.5) is 5.69 Å². The molecule has 6 nitrogen and oxygen atoms in total. The van der Waals surface area contributed by atoms with E-state index in [9.17, 15) is 13.2 Å². The number of sulfonamides is 1. The molecule has 0 atom stereocenters. The Balaban J connectivity index is 1.66. The summed E-state index contributed by atoms with van der Waals surface area (Å²) in [5.74, 6) is 0.344. The maximum Gasteiger partial charge on any atom is 0.240 e. The lowest BCUT2D eigenvalue weighted by atomic mass is 9.84. The van der Waals surface area contributed by atoms with Crippen LogP contribution in [-0.4, -0.2) is 40.6 Å². The summed E-state index contributed by atoms with van der Waals surface area (Å²) in [5.41, 5.74) is 1.80.